The lowest BCUT2D eigenvalue weighted by atomic mass is 10.1. The maximum absolute atomic E-state index is 12.4. The second-order valence-electron chi connectivity index (χ2n) is 5.15. The van der Waals surface area contributed by atoms with Crippen molar-refractivity contribution in [2.24, 2.45) is 0 Å². The maximum atomic E-state index is 12.4. The summed E-state index contributed by atoms with van der Waals surface area (Å²) in [7, 11) is 0. The second kappa shape index (κ2) is 7.94. The Balaban J connectivity index is 1.74. The van der Waals surface area contributed by atoms with Gasteiger partial charge in [0.2, 0.25) is 0 Å². The van der Waals surface area contributed by atoms with E-state index >= 15 is 0 Å². The van der Waals surface area contributed by atoms with E-state index in [0.717, 1.165) is 11.1 Å². The van der Waals surface area contributed by atoms with E-state index < -0.39 is 0 Å². The monoisotopic (exact) mass is 319 g/mol. The number of hydrogen-bond donors (Lipinski definition) is 2. The van der Waals surface area contributed by atoms with Gasteiger partial charge in [-0.05, 0) is 23.3 Å². The zero-order chi connectivity index (χ0) is 16.6. The predicted octanol–water partition coefficient (Wildman–Crippen LogP) is 2.09. The minimum absolute atomic E-state index is 0.259. The highest BCUT2D eigenvalue weighted by molar-refractivity contribution is 5.92. The van der Waals surface area contributed by atoms with Gasteiger partial charge in [-0.2, -0.15) is 0 Å². The molecule has 0 spiro atoms. The molecule has 120 valence electrons. The Morgan fingerprint density at radius 1 is 1.00 bits per heavy atom. The first-order chi connectivity index (χ1) is 11.8. The summed E-state index contributed by atoms with van der Waals surface area (Å²) in [4.78, 5) is 24.3. The number of pyridine rings is 1. The molecule has 3 aromatic rings. The summed E-state index contributed by atoms with van der Waals surface area (Å²) in [5.74, 6) is -0.259. The molecular weight excluding hydrogens is 302 g/mol. The van der Waals surface area contributed by atoms with Gasteiger partial charge in [0, 0.05) is 25.1 Å². The van der Waals surface area contributed by atoms with Crippen LogP contribution in [0.2, 0.25) is 0 Å². The smallest absolute Gasteiger partial charge is 0.271 e. The topological polar surface area (TPSA) is 79.8 Å². The van der Waals surface area contributed by atoms with Crippen molar-refractivity contribution in [2.45, 2.75) is 12.7 Å². The van der Waals surface area contributed by atoms with Crippen molar-refractivity contribution in [1.29, 1.82) is 0 Å². The lowest BCUT2D eigenvalue weighted by Gasteiger charge is -2.20. The Kier molecular flexibility index (Phi) is 5.21. The Morgan fingerprint density at radius 2 is 1.88 bits per heavy atom. The zero-order valence-corrected chi connectivity index (χ0v) is 13.0. The van der Waals surface area contributed by atoms with Gasteiger partial charge in [0.25, 0.3) is 5.91 Å². The lowest BCUT2D eigenvalue weighted by Crippen LogP contribution is -2.38. The molecule has 24 heavy (non-hydrogen) atoms. The van der Waals surface area contributed by atoms with Crippen LogP contribution in [-0.2, 0) is 6.54 Å². The summed E-state index contributed by atoms with van der Waals surface area (Å²) in [6.45, 7) is 0.581. The predicted molar refractivity (Wildman–Crippen MR) is 89.8 cm³/mol. The van der Waals surface area contributed by atoms with Crippen molar-refractivity contribution < 1.29 is 4.79 Å². The Hall–Kier alpha value is -3.12. The number of amides is 1. The third kappa shape index (κ3) is 4.21. The standard InChI is InChI=1S/C18H17N5O/c24-18(16-8-10-20-13-22-16)23-17(15-6-2-1-3-7-15)21-12-14-5-4-9-19-11-14/h1-11,13,17,21H,12H2,(H,23,24). The molecule has 0 fully saturated rings. The number of nitrogens with one attached hydrogen (secondary N) is 2. The van der Waals surface area contributed by atoms with E-state index in [9.17, 15) is 4.79 Å². The summed E-state index contributed by atoms with van der Waals surface area (Å²) in [5.41, 5.74) is 2.33. The van der Waals surface area contributed by atoms with Gasteiger partial charge in [-0.1, -0.05) is 36.4 Å². The molecule has 1 amide bonds. The number of carbonyl (C=O) groups excluding carboxylic acids is 1. The summed E-state index contributed by atoms with van der Waals surface area (Å²) in [6.07, 6.45) is 6.09. The third-order valence-electron chi connectivity index (χ3n) is 3.46. The van der Waals surface area contributed by atoms with Crippen molar-refractivity contribution in [1.82, 2.24) is 25.6 Å². The number of rotatable bonds is 6. The first-order valence-corrected chi connectivity index (χ1v) is 7.57. The molecule has 1 unspecified atom stereocenters. The molecule has 6 nitrogen and oxygen atoms in total. The molecule has 1 atom stereocenters. The minimum atomic E-state index is -0.339. The summed E-state index contributed by atoms with van der Waals surface area (Å²) in [5, 5.41) is 6.30. The van der Waals surface area contributed by atoms with Crippen molar-refractivity contribution >= 4 is 5.91 Å². The van der Waals surface area contributed by atoms with Crippen LogP contribution in [-0.4, -0.2) is 20.9 Å². The second-order valence-corrected chi connectivity index (χ2v) is 5.15. The first-order valence-electron chi connectivity index (χ1n) is 7.57. The largest absolute Gasteiger partial charge is 0.331 e. The van der Waals surface area contributed by atoms with Gasteiger partial charge >= 0.3 is 0 Å². The molecule has 0 aliphatic rings. The number of hydrogen-bond acceptors (Lipinski definition) is 5. The van der Waals surface area contributed by atoms with Crippen molar-refractivity contribution in [3.05, 3.63) is 90.3 Å². The number of carbonyl (C=O) groups is 1. The van der Waals surface area contributed by atoms with Gasteiger partial charge in [0.1, 0.15) is 18.2 Å². The lowest BCUT2D eigenvalue weighted by molar-refractivity contribution is 0.0923. The van der Waals surface area contributed by atoms with Gasteiger partial charge in [-0.25, -0.2) is 9.97 Å². The Bertz CT molecular complexity index is 765. The van der Waals surface area contributed by atoms with E-state index in [1.165, 1.54) is 6.33 Å². The van der Waals surface area contributed by atoms with Crippen LogP contribution < -0.4 is 10.6 Å². The van der Waals surface area contributed by atoms with Crippen LogP contribution in [0.3, 0.4) is 0 Å². The van der Waals surface area contributed by atoms with Crippen molar-refractivity contribution in [2.75, 3.05) is 0 Å². The highest BCUT2D eigenvalue weighted by atomic mass is 16.2. The molecule has 0 aliphatic carbocycles. The van der Waals surface area contributed by atoms with E-state index in [0.29, 0.717) is 12.2 Å². The molecule has 0 saturated carbocycles. The van der Waals surface area contributed by atoms with Gasteiger partial charge < -0.3 is 5.32 Å². The third-order valence-corrected chi connectivity index (χ3v) is 3.46. The van der Waals surface area contributed by atoms with E-state index in [4.69, 9.17) is 0 Å². The van der Waals surface area contributed by atoms with E-state index in [1.807, 2.05) is 42.5 Å². The first kappa shape index (κ1) is 15.8. The van der Waals surface area contributed by atoms with Crippen LogP contribution in [0, 0.1) is 0 Å². The van der Waals surface area contributed by atoms with E-state index in [2.05, 4.69) is 25.6 Å². The average molecular weight is 319 g/mol. The van der Waals surface area contributed by atoms with Crippen LogP contribution in [0.5, 0.6) is 0 Å². The van der Waals surface area contributed by atoms with E-state index in [-0.39, 0.29) is 12.1 Å². The van der Waals surface area contributed by atoms with Crippen LogP contribution >= 0.6 is 0 Å². The van der Waals surface area contributed by atoms with E-state index in [1.54, 1.807) is 24.7 Å². The normalized spacial score (nSPS) is 11.7. The van der Waals surface area contributed by atoms with Gasteiger partial charge in [-0.15, -0.1) is 0 Å². The molecule has 2 heterocycles. The fourth-order valence-electron chi connectivity index (χ4n) is 2.25. The van der Waals surface area contributed by atoms with Crippen LogP contribution in [0.4, 0.5) is 0 Å². The molecule has 3 rings (SSSR count). The molecule has 2 aromatic heterocycles. The number of aromatic nitrogens is 3. The fraction of sp³-hybridized carbons (Fsp3) is 0.111. The van der Waals surface area contributed by atoms with Crippen LogP contribution in [0.1, 0.15) is 27.8 Å². The number of benzene rings is 1. The maximum Gasteiger partial charge on any atom is 0.271 e. The molecular formula is C18H17N5O. The molecule has 0 saturated heterocycles. The van der Waals surface area contributed by atoms with Crippen molar-refractivity contribution in [3.8, 4) is 0 Å². The summed E-state index contributed by atoms with van der Waals surface area (Å²) >= 11 is 0. The highest BCUT2D eigenvalue weighted by Gasteiger charge is 2.16. The minimum Gasteiger partial charge on any atom is -0.331 e. The molecule has 0 radical (unpaired) electrons. The van der Waals surface area contributed by atoms with Gasteiger partial charge in [0.05, 0.1) is 0 Å². The molecule has 1 aromatic carbocycles. The average Bonchev–Trinajstić information content (AvgIpc) is 2.67. The van der Waals surface area contributed by atoms with Crippen LogP contribution in [0.25, 0.3) is 0 Å². The highest BCUT2D eigenvalue weighted by Crippen LogP contribution is 2.11. The summed E-state index contributed by atoms with van der Waals surface area (Å²) < 4.78 is 0. The van der Waals surface area contributed by atoms with Gasteiger partial charge in [0.15, 0.2) is 0 Å². The Labute approximate surface area is 140 Å². The van der Waals surface area contributed by atoms with Crippen molar-refractivity contribution in [3.63, 3.8) is 0 Å². The SMILES string of the molecule is O=C(NC(NCc1cccnc1)c1ccccc1)c1ccncn1. The zero-order valence-electron chi connectivity index (χ0n) is 13.0. The molecule has 0 aliphatic heterocycles. The number of nitrogens with zero attached hydrogens (tertiary/aromatic N) is 3. The molecule has 2 N–H and O–H groups in total. The van der Waals surface area contributed by atoms with Gasteiger partial charge in [-0.3, -0.25) is 15.1 Å². The fourth-order valence-corrected chi connectivity index (χ4v) is 2.25. The molecule has 6 heteroatoms. The van der Waals surface area contributed by atoms with Crippen LogP contribution in [0.15, 0.2) is 73.4 Å². The Morgan fingerprint density at radius 3 is 2.58 bits per heavy atom. The summed E-state index contributed by atoms with van der Waals surface area (Å²) in [6, 6.07) is 15.2. The quantitative estimate of drug-likeness (QED) is 0.680. The molecule has 0 bridgehead atoms.